The van der Waals surface area contributed by atoms with Gasteiger partial charge in [-0.3, -0.25) is 4.79 Å². The van der Waals surface area contributed by atoms with Crippen LogP contribution in [0.3, 0.4) is 0 Å². The molecule has 100 valence electrons. The summed E-state index contributed by atoms with van der Waals surface area (Å²) < 4.78 is 5.30. The first-order chi connectivity index (χ1) is 8.49. The van der Waals surface area contributed by atoms with E-state index < -0.39 is 0 Å². The molecule has 4 nitrogen and oxygen atoms in total. The first kappa shape index (κ1) is 14.8. The zero-order chi connectivity index (χ0) is 13.7. The Morgan fingerprint density at radius 1 is 1.56 bits per heavy atom. The predicted molar refractivity (Wildman–Crippen MR) is 72.1 cm³/mol. The number of hydrogen-bond acceptors (Lipinski definition) is 2. The Hall–Kier alpha value is -1.26. The highest BCUT2D eigenvalue weighted by Gasteiger charge is 2.21. The number of ether oxygens (including phenoxy) is 1. The van der Waals surface area contributed by atoms with Crippen LogP contribution in [0.2, 0.25) is 5.02 Å². The average molecular weight is 272 g/mol. The minimum absolute atomic E-state index is 0.0218. The standard InChI is InChI=1S/C13H19ClN2O2/c1-9(13(17)15-2)16(3)8-10-7-11(14)5-6-12(10)18-4/h5-7,9H,8H2,1-4H3,(H,15,17)/p+1/t9-/m0/s1. The van der Waals surface area contributed by atoms with E-state index in [1.807, 2.05) is 26.1 Å². The van der Waals surface area contributed by atoms with Crippen LogP contribution in [-0.2, 0) is 11.3 Å². The molecule has 2 N–H and O–H groups in total. The lowest BCUT2D eigenvalue weighted by Gasteiger charge is -2.21. The number of carbonyl (C=O) groups is 1. The molecule has 1 amide bonds. The molecule has 0 aliphatic heterocycles. The highest BCUT2D eigenvalue weighted by molar-refractivity contribution is 6.30. The molecule has 0 aliphatic carbocycles. The lowest BCUT2D eigenvalue weighted by atomic mass is 10.1. The second-order valence-corrected chi connectivity index (χ2v) is 4.75. The van der Waals surface area contributed by atoms with E-state index in [4.69, 9.17) is 16.3 Å². The van der Waals surface area contributed by atoms with Crippen LogP contribution >= 0.6 is 11.6 Å². The summed E-state index contributed by atoms with van der Waals surface area (Å²) >= 11 is 5.98. The molecule has 1 aromatic carbocycles. The highest BCUT2D eigenvalue weighted by Crippen LogP contribution is 2.21. The maximum atomic E-state index is 11.6. The van der Waals surface area contributed by atoms with Gasteiger partial charge in [0.05, 0.1) is 14.2 Å². The first-order valence-electron chi connectivity index (χ1n) is 5.86. The second-order valence-electron chi connectivity index (χ2n) is 4.32. The number of hydrogen-bond donors (Lipinski definition) is 2. The van der Waals surface area contributed by atoms with Crippen LogP contribution in [-0.4, -0.2) is 33.2 Å². The van der Waals surface area contributed by atoms with Gasteiger partial charge in [0.25, 0.3) is 5.91 Å². The number of rotatable bonds is 5. The van der Waals surface area contributed by atoms with Crippen molar-refractivity contribution in [2.75, 3.05) is 21.2 Å². The summed E-state index contributed by atoms with van der Waals surface area (Å²) in [6.07, 6.45) is 0. The first-order valence-corrected chi connectivity index (χ1v) is 6.23. The Morgan fingerprint density at radius 3 is 2.78 bits per heavy atom. The third kappa shape index (κ3) is 3.62. The number of methoxy groups -OCH3 is 1. The van der Waals surface area contributed by atoms with Crippen molar-refractivity contribution in [3.63, 3.8) is 0 Å². The van der Waals surface area contributed by atoms with Crippen LogP contribution in [0.1, 0.15) is 12.5 Å². The van der Waals surface area contributed by atoms with Gasteiger partial charge in [-0.1, -0.05) is 11.6 Å². The van der Waals surface area contributed by atoms with Crippen molar-refractivity contribution in [1.82, 2.24) is 5.32 Å². The molecule has 5 heteroatoms. The SMILES string of the molecule is CNC(=O)[C@H](C)[NH+](C)Cc1cc(Cl)ccc1OC. The van der Waals surface area contributed by atoms with Crippen molar-refractivity contribution in [3.05, 3.63) is 28.8 Å². The smallest absolute Gasteiger partial charge is 0.277 e. The van der Waals surface area contributed by atoms with Gasteiger partial charge < -0.3 is 15.0 Å². The molecule has 0 aliphatic rings. The molecule has 1 rings (SSSR count). The Morgan fingerprint density at radius 2 is 2.22 bits per heavy atom. The molecule has 0 bridgehead atoms. The Balaban J connectivity index is 2.83. The van der Waals surface area contributed by atoms with Gasteiger partial charge in [0.1, 0.15) is 12.3 Å². The second kappa shape index (κ2) is 6.61. The molecule has 0 fully saturated rings. The average Bonchev–Trinajstić information content (AvgIpc) is 2.37. The number of benzene rings is 1. The molecule has 1 aromatic rings. The summed E-state index contributed by atoms with van der Waals surface area (Å²) in [6, 6.07) is 5.39. The molecular weight excluding hydrogens is 252 g/mol. The zero-order valence-corrected chi connectivity index (χ0v) is 12.0. The third-order valence-corrected chi connectivity index (χ3v) is 3.33. The Bertz CT molecular complexity index is 423. The van der Waals surface area contributed by atoms with E-state index in [0.29, 0.717) is 11.6 Å². The maximum Gasteiger partial charge on any atom is 0.277 e. The molecule has 0 radical (unpaired) electrons. The van der Waals surface area contributed by atoms with E-state index in [9.17, 15) is 4.79 Å². The molecule has 18 heavy (non-hydrogen) atoms. The fourth-order valence-corrected chi connectivity index (χ4v) is 1.97. The fourth-order valence-electron chi connectivity index (χ4n) is 1.78. The van der Waals surface area contributed by atoms with Crippen LogP contribution < -0.4 is 15.0 Å². The van der Waals surface area contributed by atoms with Gasteiger partial charge in [0, 0.05) is 17.6 Å². The van der Waals surface area contributed by atoms with Gasteiger partial charge in [0.2, 0.25) is 0 Å². The molecule has 0 saturated heterocycles. The van der Waals surface area contributed by atoms with Gasteiger partial charge in [-0.25, -0.2) is 0 Å². The van der Waals surface area contributed by atoms with Crippen molar-refractivity contribution in [1.29, 1.82) is 0 Å². The van der Waals surface area contributed by atoms with E-state index in [1.54, 1.807) is 20.2 Å². The number of amides is 1. The fraction of sp³-hybridized carbons (Fsp3) is 0.462. The molecule has 0 heterocycles. The maximum absolute atomic E-state index is 11.6. The minimum atomic E-state index is -0.126. The molecule has 0 saturated carbocycles. The van der Waals surface area contributed by atoms with E-state index >= 15 is 0 Å². The third-order valence-electron chi connectivity index (χ3n) is 3.09. The van der Waals surface area contributed by atoms with E-state index in [0.717, 1.165) is 16.2 Å². The minimum Gasteiger partial charge on any atom is -0.496 e. The van der Waals surface area contributed by atoms with Gasteiger partial charge in [-0.15, -0.1) is 0 Å². The Kier molecular flexibility index (Phi) is 5.44. The van der Waals surface area contributed by atoms with Crippen LogP contribution in [0, 0.1) is 0 Å². The normalized spacial score (nSPS) is 13.8. The lowest BCUT2D eigenvalue weighted by Crippen LogP contribution is -3.12. The summed E-state index contributed by atoms with van der Waals surface area (Å²) in [5.41, 5.74) is 0.998. The zero-order valence-electron chi connectivity index (χ0n) is 11.2. The summed E-state index contributed by atoms with van der Waals surface area (Å²) in [5, 5.41) is 3.33. The number of carbonyl (C=O) groups excluding carboxylic acids is 1. The molecule has 2 atom stereocenters. The van der Waals surface area contributed by atoms with Gasteiger partial charge in [0.15, 0.2) is 6.04 Å². The van der Waals surface area contributed by atoms with Crippen LogP contribution in [0.25, 0.3) is 0 Å². The number of quaternary nitrogens is 1. The molecule has 0 spiro atoms. The predicted octanol–water partition coefficient (Wildman–Crippen LogP) is 0.498. The van der Waals surface area contributed by atoms with Crippen LogP contribution in [0.4, 0.5) is 0 Å². The van der Waals surface area contributed by atoms with Crippen molar-refractivity contribution in [3.8, 4) is 5.75 Å². The summed E-state index contributed by atoms with van der Waals surface area (Å²) in [4.78, 5) is 12.7. The Labute approximate surface area is 113 Å². The van der Waals surface area contributed by atoms with E-state index in [-0.39, 0.29) is 11.9 Å². The van der Waals surface area contributed by atoms with Crippen molar-refractivity contribution in [2.45, 2.75) is 19.5 Å². The molecule has 0 aromatic heterocycles. The van der Waals surface area contributed by atoms with Crippen LogP contribution in [0.15, 0.2) is 18.2 Å². The monoisotopic (exact) mass is 271 g/mol. The lowest BCUT2D eigenvalue weighted by molar-refractivity contribution is -0.908. The number of nitrogens with one attached hydrogen (secondary N) is 2. The van der Waals surface area contributed by atoms with Gasteiger partial charge in [-0.05, 0) is 25.1 Å². The molecule has 1 unspecified atom stereocenters. The van der Waals surface area contributed by atoms with Crippen molar-refractivity contribution < 1.29 is 14.4 Å². The number of likely N-dealkylation sites (N-methyl/N-ethyl adjacent to an activating group) is 2. The summed E-state index contributed by atoms with van der Waals surface area (Å²) in [6.45, 7) is 2.57. The van der Waals surface area contributed by atoms with Crippen molar-refractivity contribution >= 4 is 17.5 Å². The quantitative estimate of drug-likeness (QED) is 0.819. The highest BCUT2D eigenvalue weighted by atomic mass is 35.5. The summed E-state index contributed by atoms with van der Waals surface area (Å²) in [7, 11) is 5.25. The van der Waals surface area contributed by atoms with Gasteiger partial charge >= 0.3 is 0 Å². The van der Waals surface area contributed by atoms with Gasteiger partial charge in [-0.2, -0.15) is 0 Å². The van der Waals surface area contributed by atoms with E-state index in [2.05, 4.69) is 5.32 Å². The van der Waals surface area contributed by atoms with Crippen molar-refractivity contribution in [2.24, 2.45) is 0 Å². The largest absolute Gasteiger partial charge is 0.496 e. The topological polar surface area (TPSA) is 42.8 Å². The number of halogens is 1. The van der Waals surface area contributed by atoms with Crippen LogP contribution in [0.5, 0.6) is 5.75 Å². The molecular formula is C13H20ClN2O2+. The summed E-state index contributed by atoms with van der Waals surface area (Å²) in [5.74, 6) is 0.816. The van der Waals surface area contributed by atoms with E-state index in [1.165, 1.54) is 0 Å².